The first-order valence-electron chi connectivity index (χ1n) is 4.22. The number of imide groups is 1. The van der Waals surface area contributed by atoms with Gasteiger partial charge in [-0.3, -0.25) is 9.69 Å². The number of hydrogen-bond acceptors (Lipinski definition) is 3. The predicted octanol–water partition coefficient (Wildman–Crippen LogP) is 0.537. The van der Waals surface area contributed by atoms with Crippen LogP contribution in [-0.2, 0) is 4.79 Å². The van der Waals surface area contributed by atoms with Gasteiger partial charge in [-0.05, 0) is 17.9 Å². The molecule has 0 bridgehead atoms. The van der Waals surface area contributed by atoms with Gasteiger partial charge in [0, 0.05) is 6.54 Å². The molecule has 13 heavy (non-hydrogen) atoms. The van der Waals surface area contributed by atoms with E-state index < -0.39 is 0 Å². The molecule has 0 aliphatic carbocycles. The average molecular weight is 202 g/mol. The van der Waals surface area contributed by atoms with Gasteiger partial charge in [-0.15, -0.1) is 0 Å². The fourth-order valence-electron chi connectivity index (χ4n) is 1.29. The molecule has 1 unspecified atom stereocenters. The number of carbonyl (C=O) groups is 2. The van der Waals surface area contributed by atoms with Crippen molar-refractivity contribution in [1.29, 1.82) is 0 Å². The van der Waals surface area contributed by atoms with Crippen LogP contribution in [0.1, 0.15) is 6.92 Å². The van der Waals surface area contributed by atoms with Gasteiger partial charge in [0.1, 0.15) is 0 Å². The highest BCUT2D eigenvalue weighted by atomic mass is 32.2. The molecule has 1 aliphatic heterocycles. The number of hydrogen-bond donors (Lipinski definition) is 1. The van der Waals surface area contributed by atoms with Crippen molar-refractivity contribution >= 4 is 23.7 Å². The summed E-state index contributed by atoms with van der Waals surface area (Å²) in [7, 11) is 0. The van der Waals surface area contributed by atoms with E-state index in [1.807, 2.05) is 13.2 Å². The Morgan fingerprint density at radius 1 is 1.62 bits per heavy atom. The third-order valence-corrected chi connectivity index (χ3v) is 2.78. The molecular weight excluding hydrogens is 188 g/mol. The molecule has 5 heteroatoms. The molecule has 0 saturated carbocycles. The lowest BCUT2D eigenvalue weighted by molar-refractivity contribution is -0.125. The second-order valence-corrected chi connectivity index (χ2v) is 4.13. The number of nitrogens with one attached hydrogen (secondary N) is 1. The molecular formula is C8H14N2O2S. The Balaban J connectivity index is 2.43. The average Bonchev–Trinajstić information content (AvgIpc) is 2.36. The Hall–Kier alpha value is -0.710. The Kier molecular flexibility index (Phi) is 3.59. The largest absolute Gasteiger partial charge is 0.329 e. The van der Waals surface area contributed by atoms with E-state index in [2.05, 4.69) is 5.32 Å². The van der Waals surface area contributed by atoms with E-state index in [1.54, 1.807) is 11.8 Å². The summed E-state index contributed by atoms with van der Waals surface area (Å²) in [5.41, 5.74) is 0. The Morgan fingerprint density at radius 3 is 2.77 bits per heavy atom. The molecule has 1 heterocycles. The fraction of sp³-hybridized carbons (Fsp3) is 0.750. The molecule has 1 fully saturated rings. The second-order valence-electron chi connectivity index (χ2n) is 3.22. The number of carbonyl (C=O) groups excluding carboxylic acids is 2. The molecule has 1 rings (SSSR count). The minimum absolute atomic E-state index is 0.113. The first-order valence-corrected chi connectivity index (χ1v) is 5.61. The zero-order chi connectivity index (χ0) is 9.84. The quantitative estimate of drug-likeness (QED) is 0.677. The van der Waals surface area contributed by atoms with Gasteiger partial charge in [0.2, 0.25) is 5.91 Å². The monoisotopic (exact) mass is 202 g/mol. The minimum atomic E-state index is -0.252. The third-order valence-electron chi connectivity index (χ3n) is 1.88. The molecule has 0 aromatic rings. The lowest BCUT2D eigenvalue weighted by Crippen LogP contribution is -2.35. The molecule has 74 valence electrons. The van der Waals surface area contributed by atoms with E-state index in [0.717, 1.165) is 5.75 Å². The summed E-state index contributed by atoms with van der Waals surface area (Å²) in [5.74, 6) is 1.22. The van der Waals surface area contributed by atoms with E-state index in [0.29, 0.717) is 12.5 Å². The van der Waals surface area contributed by atoms with Crippen molar-refractivity contribution in [3.8, 4) is 0 Å². The van der Waals surface area contributed by atoms with Crippen LogP contribution in [0.3, 0.4) is 0 Å². The molecule has 0 radical (unpaired) electrons. The Morgan fingerprint density at radius 2 is 2.31 bits per heavy atom. The normalized spacial score (nSPS) is 19.1. The van der Waals surface area contributed by atoms with Crippen LogP contribution < -0.4 is 5.32 Å². The smallest absolute Gasteiger partial charge is 0.324 e. The van der Waals surface area contributed by atoms with Crippen LogP contribution in [0.25, 0.3) is 0 Å². The molecule has 0 aromatic heterocycles. The number of amides is 3. The number of rotatable bonds is 4. The van der Waals surface area contributed by atoms with Gasteiger partial charge in [-0.2, -0.15) is 11.8 Å². The molecule has 3 amide bonds. The third kappa shape index (κ3) is 2.62. The van der Waals surface area contributed by atoms with E-state index in [4.69, 9.17) is 0 Å². The number of thioether (sulfide) groups is 1. The Bertz CT molecular complexity index is 204. The van der Waals surface area contributed by atoms with E-state index >= 15 is 0 Å². The lowest BCUT2D eigenvalue weighted by Gasteiger charge is -2.16. The summed E-state index contributed by atoms with van der Waals surface area (Å²) in [6.07, 6.45) is 2.02. The van der Waals surface area contributed by atoms with Gasteiger partial charge in [-0.25, -0.2) is 4.79 Å². The van der Waals surface area contributed by atoms with Crippen molar-refractivity contribution in [1.82, 2.24) is 10.2 Å². The second kappa shape index (κ2) is 4.50. The molecule has 0 spiro atoms. The summed E-state index contributed by atoms with van der Waals surface area (Å²) in [6.45, 7) is 2.73. The summed E-state index contributed by atoms with van der Waals surface area (Å²) in [4.78, 5) is 23.6. The highest BCUT2D eigenvalue weighted by Gasteiger charge is 2.29. The predicted molar refractivity (Wildman–Crippen MR) is 52.7 cm³/mol. The van der Waals surface area contributed by atoms with Crippen LogP contribution in [-0.4, -0.2) is 41.9 Å². The standard InChI is InChI=1S/C8H14N2O2S/c1-6(5-13-2)4-10-7(11)3-9-8(10)12/h6H,3-5H2,1-2H3,(H,9,12). The maximum atomic E-state index is 11.2. The summed E-state index contributed by atoms with van der Waals surface area (Å²) in [5, 5.41) is 2.50. The number of nitrogens with zero attached hydrogens (tertiary/aromatic N) is 1. The maximum absolute atomic E-state index is 11.2. The van der Waals surface area contributed by atoms with Gasteiger partial charge in [0.05, 0.1) is 6.54 Å². The van der Waals surface area contributed by atoms with Gasteiger partial charge in [-0.1, -0.05) is 6.92 Å². The molecule has 1 aliphatic rings. The molecule has 4 nitrogen and oxygen atoms in total. The van der Waals surface area contributed by atoms with Crippen LogP contribution in [0.15, 0.2) is 0 Å². The molecule has 1 saturated heterocycles. The van der Waals surface area contributed by atoms with Crippen molar-refractivity contribution in [2.24, 2.45) is 5.92 Å². The van der Waals surface area contributed by atoms with E-state index in [-0.39, 0.29) is 18.5 Å². The molecule has 0 aromatic carbocycles. The molecule has 1 atom stereocenters. The van der Waals surface area contributed by atoms with Gasteiger partial charge < -0.3 is 5.32 Å². The topological polar surface area (TPSA) is 49.4 Å². The van der Waals surface area contributed by atoms with Crippen molar-refractivity contribution in [3.63, 3.8) is 0 Å². The maximum Gasteiger partial charge on any atom is 0.324 e. The van der Waals surface area contributed by atoms with E-state index in [9.17, 15) is 9.59 Å². The lowest BCUT2D eigenvalue weighted by atomic mass is 10.2. The first-order chi connectivity index (χ1) is 6.15. The van der Waals surface area contributed by atoms with E-state index in [1.165, 1.54) is 4.90 Å². The van der Waals surface area contributed by atoms with Gasteiger partial charge in [0.15, 0.2) is 0 Å². The SMILES string of the molecule is CSCC(C)CN1C(=O)CNC1=O. The van der Waals surface area contributed by atoms with Crippen LogP contribution >= 0.6 is 11.8 Å². The highest BCUT2D eigenvalue weighted by Crippen LogP contribution is 2.09. The van der Waals surface area contributed by atoms with Crippen molar-refractivity contribution in [3.05, 3.63) is 0 Å². The van der Waals surface area contributed by atoms with Crippen molar-refractivity contribution < 1.29 is 9.59 Å². The summed E-state index contributed by atoms with van der Waals surface area (Å²) < 4.78 is 0. The Labute approximate surface area is 82.0 Å². The van der Waals surface area contributed by atoms with Gasteiger partial charge >= 0.3 is 6.03 Å². The number of urea groups is 1. The van der Waals surface area contributed by atoms with Crippen LogP contribution in [0, 0.1) is 5.92 Å². The molecule has 1 N–H and O–H groups in total. The zero-order valence-corrected chi connectivity index (χ0v) is 8.69. The first kappa shape index (κ1) is 10.4. The van der Waals surface area contributed by atoms with Crippen LogP contribution in [0.2, 0.25) is 0 Å². The summed E-state index contributed by atoms with van der Waals surface area (Å²) >= 11 is 1.73. The minimum Gasteiger partial charge on any atom is -0.329 e. The highest BCUT2D eigenvalue weighted by molar-refractivity contribution is 7.98. The summed E-state index contributed by atoms with van der Waals surface area (Å²) in [6, 6.07) is -0.252. The zero-order valence-electron chi connectivity index (χ0n) is 7.87. The fourth-order valence-corrected chi connectivity index (χ4v) is 1.96. The van der Waals surface area contributed by atoms with Gasteiger partial charge in [0.25, 0.3) is 0 Å². The van der Waals surface area contributed by atoms with Crippen molar-refractivity contribution in [2.75, 3.05) is 25.1 Å². The van der Waals surface area contributed by atoms with Crippen LogP contribution in [0.5, 0.6) is 0 Å². The van der Waals surface area contributed by atoms with Crippen LogP contribution in [0.4, 0.5) is 4.79 Å². The van der Waals surface area contributed by atoms with Crippen molar-refractivity contribution in [2.45, 2.75) is 6.92 Å².